The first-order valence-corrected chi connectivity index (χ1v) is 5.74. The highest BCUT2D eigenvalue weighted by atomic mass is 15.1. The van der Waals surface area contributed by atoms with Gasteiger partial charge in [0.25, 0.3) is 0 Å². The van der Waals surface area contributed by atoms with Gasteiger partial charge in [-0.3, -0.25) is 0 Å². The molecule has 0 spiro atoms. The van der Waals surface area contributed by atoms with Crippen LogP contribution in [-0.4, -0.2) is 23.1 Å². The average Bonchev–Trinajstić information content (AvgIpc) is 2.35. The van der Waals surface area contributed by atoms with Crippen molar-refractivity contribution in [1.29, 1.82) is 5.26 Å². The van der Waals surface area contributed by atoms with E-state index in [4.69, 9.17) is 5.26 Å². The van der Waals surface area contributed by atoms with Gasteiger partial charge in [-0.05, 0) is 11.8 Å². The fraction of sp³-hybridized carbons (Fsp3) is 0.583. The Balaban J connectivity index is 2.57. The molecule has 0 radical (unpaired) electrons. The molecule has 0 aliphatic rings. The lowest BCUT2D eigenvalue weighted by Gasteiger charge is -2.23. The fourth-order valence-electron chi connectivity index (χ4n) is 1.14. The van der Waals surface area contributed by atoms with Gasteiger partial charge in [-0.2, -0.15) is 5.26 Å². The monoisotopic (exact) mass is 233 g/mol. The molecule has 1 rings (SSSR count). The van der Waals surface area contributed by atoms with E-state index in [1.807, 2.05) is 12.1 Å². The maximum Gasteiger partial charge on any atom is 0.132 e. The van der Waals surface area contributed by atoms with Crippen molar-refractivity contribution in [2.24, 2.45) is 5.41 Å². The summed E-state index contributed by atoms with van der Waals surface area (Å²) in [5, 5.41) is 14.6. The van der Waals surface area contributed by atoms with E-state index in [-0.39, 0.29) is 12.0 Å². The summed E-state index contributed by atoms with van der Waals surface area (Å²) in [7, 11) is 0. The molecule has 0 bridgehead atoms. The number of rotatable bonds is 6. The van der Waals surface area contributed by atoms with Crippen LogP contribution in [0.5, 0.6) is 0 Å². The van der Waals surface area contributed by atoms with Crippen molar-refractivity contribution in [2.75, 3.05) is 23.7 Å². The molecule has 0 aliphatic heterocycles. The Hall–Kier alpha value is -1.83. The van der Waals surface area contributed by atoms with Crippen molar-refractivity contribution >= 4 is 11.6 Å². The summed E-state index contributed by atoms with van der Waals surface area (Å²) >= 11 is 0. The molecule has 0 saturated carbocycles. The SMILES string of the molecule is CCC(C)(C)CNc1cc(NCC#N)ncn1. The van der Waals surface area contributed by atoms with Crippen molar-refractivity contribution < 1.29 is 0 Å². The van der Waals surface area contributed by atoms with E-state index in [0.717, 1.165) is 18.8 Å². The van der Waals surface area contributed by atoms with Crippen molar-refractivity contribution in [3.8, 4) is 6.07 Å². The molecule has 0 amide bonds. The molecule has 0 saturated heterocycles. The second-order valence-electron chi connectivity index (χ2n) is 4.67. The van der Waals surface area contributed by atoms with Gasteiger partial charge in [0.05, 0.1) is 6.07 Å². The molecule has 5 nitrogen and oxygen atoms in total. The summed E-state index contributed by atoms with van der Waals surface area (Å²) in [6.45, 7) is 7.68. The maximum atomic E-state index is 8.47. The van der Waals surface area contributed by atoms with Crippen LogP contribution >= 0.6 is 0 Å². The van der Waals surface area contributed by atoms with Crippen LogP contribution in [0.15, 0.2) is 12.4 Å². The lowest BCUT2D eigenvalue weighted by atomic mass is 9.90. The quantitative estimate of drug-likeness (QED) is 0.737. The molecule has 0 aromatic carbocycles. The molecule has 92 valence electrons. The van der Waals surface area contributed by atoms with E-state index < -0.39 is 0 Å². The standard InChI is InChI=1S/C12H19N5/c1-4-12(2,3)8-15-11-7-10(14-6-5-13)16-9-17-11/h7,9H,4,6,8H2,1-3H3,(H2,14,15,16,17). The summed E-state index contributed by atoms with van der Waals surface area (Å²) < 4.78 is 0. The molecule has 1 heterocycles. The third-order valence-electron chi connectivity index (χ3n) is 2.72. The van der Waals surface area contributed by atoms with Crippen LogP contribution in [-0.2, 0) is 0 Å². The van der Waals surface area contributed by atoms with E-state index in [2.05, 4.69) is 41.4 Å². The molecule has 0 unspecified atom stereocenters. The normalized spacial score (nSPS) is 10.7. The highest BCUT2D eigenvalue weighted by Crippen LogP contribution is 2.20. The van der Waals surface area contributed by atoms with Crippen molar-refractivity contribution in [3.63, 3.8) is 0 Å². The smallest absolute Gasteiger partial charge is 0.132 e. The number of nitrogens with one attached hydrogen (secondary N) is 2. The summed E-state index contributed by atoms with van der Waals surface area (Å²) in [6.07, 6.45) is 2.59. The minimum atomic E-state index is 0.241. The number of anilines is 2. The molecule has 1 aromatic rings. The van der Waals surface area contributed by atoms with E-state index in [1.54, 1.807) is 0 Å². The van der Waals surface area contributed by atoms with Crippen LogP contribution in [0.1, 0.15) is 27.2 Å². The Labute approximate surface area is 102 Å². The summed E-state index contributed by atoms with van der Waals surface area (Å²) in [4.78, 5) is 8.17. The Bertz CT molecular complexity index is 394. The number of hydrogen-bond donors (Lipinski definition) is 2. The minimum absolute atomic E-state index is 0.241. The minimum Gasteiger partial charge on any atom is -0.369 e. The Kier molecular flexibility index (Phi) is 4.70. The van der Waals surface area contributed by atoms with Gasteiger partial charge in [0.2, 0.25) is 0 Å². The van der Waals surface area contributed by atoms with Crippen LogP contribution in [0.4, 0.5) is 11.6 Å². The van der Waals surface area contributed by atoms with Crippen molar-refractivity contribution in [2.45, 2.75) is 27.2 Å². The number of nitrogens with zero attached hydrogens (tertiary/aromatic N) is 3. The van der Waals surface area contributed by atoms with E-state index in [9.17, 15) is 0 Å². The van der Waals surface area contributed by atoms with Crippen molar-refractivity contribution in [1.82, 2.24) is 9.97 Å². The first-order chi connectivity index (χ1) is 8.07. The summed E-state index contributed by atoms with van der Waals surface area (Å²) in [5.41, 5.74) is 0.241. The summed E-state index contributed by atoms with van der Waals surface area (Å²) in [5.74, 6) is 1.44. The lowest BCUT2D eigenvalue weighted by molar-refractivity contribution is 0.376. The first kappa shape index (κ1) is 13.2. The predicted octanol–water partition coefficient (Wildman–Crippen LogP) is 2.26. The zero-order valence-electron chi connectivity index (χ0n) is 10.6. The Morgan fingerprint density at radius 3 is 2.53 bits per heavy atom. The van der Waals surface area contributed by atoms with Crippen LogP contribution in [0, 0.1) is 16.7 Å². The third kappa shape index (κ3) is 4.68. The van der Waals surface area contributed by atoms with Crippen LogP contribution in [0.2, 0.25) is 0 Å². The molecule has 17 heavy (non-hydrogen) atoms. The largest absolute Gasteiger partial charge is 0.369 e. The molecule has 0 atom stereocenters. The highest BCUT2D eigenvalue weighted by molar-refractivity contribution is 5.46. The van der Waals surface area contributed by atoms with Gasteiger partial charge in [0.15, 0.2) is 0 Å². The van der Waals surface area contributed by atoms with E-state index >= 15 is 0 Å². The first-order valence-electron chi connectivity index (χ1n) is 5.74. The zero-order chi connectivity index (χ0) is 12.7. The van der Waals surface area contributed by atoms with Crippen LogP contribution in [0.3, 0.4) is 0 Å². The fourth-order valence-corrected chi connectivity index (χ4v) is 1.14. The molecule has 1 aromatic heterocycles. The van der Waals surface area contributed by atoms with Gasteiger partial charge in [0.1, 0.15) is 24.5 Å². The Morgan fingerprint density at radius 1 is 1.29 bits per heavy atom. The topological polar surface area (TPSA) is 73.6 Å². The Morgan fingerprint density at radius 2 is 1.94 bits per heavy atom. The second kappa shape index (κ2) is 6.04. The van der Waals surface area contributed by atoms with E-state index in [0.29, 0.717) is 5.82 Å². The maximum absolute atomic E-state index is 8.47. The molecular weight excluding hydrogens is 214 g/mol. The van der Waals surface area contributed by atoms with Gasteiger partial charge in [0, 0.05) is 12.6 Å². The molecule has 2 N–H and O–H groups in total. The molecular formula is C12H19N5. The average molecular weight is 233 g/mol. The summed E-state index contributed by atoms with van der Waals surface area (Å²) in [6, 6.07) is 3.82. The van der Waals surface area contributed by atoms with Crippen LogP contribution < -0.4 is 10.6 Å². The number of aromatic nitrogens is 2. The molecule has 5 heteroatoms. The zero-order valence-corrected chi connectivity index (χ0v) is 10.6. The lowest BCUT2D eigenvalue weighted by Crippen LogP contribution is -2.22. The van der Waals surface area contributed by atoms with Crippen LogP contribution in [0.25, 0.3) is 0 Å². The predicted molar refractivity (Wildman–Crippen MR) is 68.7 cm³/mol. The highest BCUT2D eigenvalue weighted by Gasteiger charge is 2.14. The van der Waals surface area contributed by atoms with Gasteiger partial charge < -0.3 is 10.6 Å². The van der Waals surface area contributed by atoms with Gasteiger partial charge in [-0.15, -0.1) is 0 Å². The van der Waals surface area contributed by atoms with Gasteiger partial charge in [-0.25, -0.2) is 9.97 Å². The molecule has 0 fully saturated rings. The van der Waals surface area contributed by atoms with Gasteiger partial charge >= 0.3 is 0 Å². The number of nitriles is 1. The molecule has 0 aliphatic carbocycles. The third-order valence-corrected chi connectivity index (χ3v) is 2.72. The number of hydrogen-bond acceptors (Lipinski definition) is 5. The van der Waals surface area contributed by atoms with Crippen molar-refractivity contribution in [3.05, 3.63) is 12.4 Å². The van der Waals surface area contributed by atoms with Gasteiger partial charge in [-0.1, -0.05) is 20.8 Å². The van der Waals surface area contributed by atoms with E-state index in [1.165, 1.54) is 6.33 Å². The second-order valence-corrected chi connectivity index (χ2v) is 4.67.